The summed E-state index contributed by atoms with van der Waals surface area (Å²) < 4.78 is 16.0. The highest BCUT2D eigenvalue weighted by Crippen LogP contribution is 2.12. The predicted octanol–water partition coefficient (Wildman–Crippen LogP) is 3.03. The SMILES string of the molecule is COc1ccc(CCOCOC(C)(C)C)cc1. The summed E-state index contributed by atoms with van der Waals surface area (Å²) in [4.78, 5) is 0. The summed E-state index contributed by atoms with van der Waals surface area (Å²) in [5.41, 5.74) is 1.10. The summed E-state index contributed by atoms with van der Waals surface area (Å²) in [6.45, 7) is 7.06. The van der Waals surface area contributed by atoms with Crippen LogP contribution in [-0.4, -0.2) is 26.1 Å². The Hall–Kier alpha value is -1.06. The van der Waals surface area contributed by atoms with Crippen LogP contribution in [0.1, 0.15) is 26.3 Å². The van der Waals surface area contributed by atoms with Crippen molar-refractivity contribution in [1.82, 2.24) is 0 Å². The molecule has 0 aliphatic heterocycles. The van der Waals surface area contributed by atoms with Crippen LogP contribution in [0.4, 0.5) is 0 Å². The molecule has 0 N–H and O–H groups in total. The van der Waals surface area contributed by atoms with Gasteiger partial charge in [-0.1, -0.05) is 12.1 Å². The van der Waals surface area contributed by atoms with Crippen LogP contribution < -0.4 is 4.74 Å². The molecule has 0 saturated carbocycles. The Morgan fingerprint density at radius 3 is 2.24 bits per heavy atom. The summed E-state index contributed by atoms with van der Waals surface area (Å²) >= 11 is 0. The van der Waals surface area contributed by atoms with Gasteiger partial charge in [0.25, 0.3) is 0 Å². The van der Waals surface area contributed by atoms with E-state index in [0.717, 1.165) is 12.2 Å². The Labute approximate surface area is 104 Å². The fourth-order valence-electron chi connectivity index (χ4n) is 1.26. The highest BCUT2D eigenvalue weighted by Gasteiger charge is 2.08. The van der Waals surface area contributed by atoms with E-state index < -0.39 is 0 Å². The summed E-state index contributed by atoms with van der Waals surface area (Å²) in [6, 6.07) is 8.02. The van der Waals surface area contributed by atoms with Gasteiger partial charge < -0.3 is 14.2 Å². The molecule has 96 valence electrons. The first kappa shape index (κ1) is 14.0. The largest absolute Gasteiger partial charge is 0.497 e. The molecule has 0 spiro atoms. The average Bonchev–Trinajstić information content (AvgIpc) is 2.28. The molecular weight excluding hydrogens is 216 g/mol. The molecule has 0 fully saturated rings. The number of rotatable bonds is 6. The molecule has 3 nitrogen and oxygen atoms in total. The zero-order valence-electron chi connectivity index (χ0n) is 11.2. The van der Waals surface area contributed by atoms with E-state index in [1.165, 1.54) is 5.56 Å². The second kappa shape index (κ2) is 6.62. The van der Waals surface area contributed by atoms with Crippen molar-refractivity contribution < 1.29 is 14.2 Å². The maximum Gasteiger partial charge on any atom is 0.147 e. The molecule has 0 unspecified atom stereocenters. The van der Waals surface area contributed by atoms with Crippen molar-refractivity contribution in [3.05, 3.63) is 29.8 Å². The zero-order chi connectivity index (χ0) is 12.7. The first-order valence-corrected chi connectivity index (χ1v) is 5.86. The number of methoxy groups -OCH3 is 1. The van der Waals surface area contributed by atoms with Gasteiger partial charge in [0.2, 0.25) is 0 Å². The van der Waals surface area contributed by atoms with Crippen LogP contribution in [0.25, 0.3) is 0 Å². The molecule has 17 heavy (non-hydrogen) atoms. The van der Waals surface area contributed by atoms with Crippen LogP contribution in [-0.2, 0) is 15.9 Å². The molecule has 0 aromatic heterocycles. The van der Waals surface area contributed by atoms with Crippen LogP contribution in [0.2, 0.25) is 0 Å². The van der Waals surface area contributed by atoms with Gasteiger partial charge in [-0.2, -0.15) is 0 Å². The second-order valence-electron chi connectivity index (χ2n) is 4.88. The Kier molecular flexibility index (Phi) is 5.45. The van der Waals surface area contributed by atoms with Crippen LogP contribution in [0.3, 0.4) is 0 Å². The Morgan fingerprint density at radius 2 is 1.71 bits per heavy atom. The van der Waals surface area contributed by atoms with E-state index in [-0.39, 0.29) is 5.60 Å². The van der Waals surface area contributed by atoms with Crippen molar-refractivity contribution in [3.8, 4) is 5.75 Å². The van der Waals surface area contributed by atoms with E-state index in [1.807, 2.05) is 45.0 Å². The van der Waals surface area contributed by atoms with Gasteiger partial charge in [0.15, 0.2) is 0 Å². The highest BCUT2D eigenvalue weighted by atomic mass is 16.7. The second-order valence-corrected chi connectivity index (χ2v) is 4.88. The molecule has 1 aromatic rings. The molecule has 0 radical (unpaired) electrons. The first-order valence-electron chi connectivity index (χ1n) is 5.86. The minimum absolute atomic E-state index is 0.139. The summed E-state index contributed by atoms with van der Waals surface area (Å²) in [5, 5.41) is 0. The molecule has 0 saturated heterocycles. The minimum Gasteiger partial charge on any atom is -0.497 e. The van der Waals surface area contributed by atoms with E-state index in [2.05, 4.69) is 0 Å². The molecule has 0 atom stereocenters. The Morgan fingerprint density at radius 1 is 1.06 bits per heavy atom. The minimum atomic E-state index is -0.139. The third kappa shape index (κ3) is 6.29. The van der Waals surface area contributed by atoms with Gasteiger partial charge in [-0.05, 0) is 44.9 Å². The maximum absolute atomic E-state index is 5.46. The maximum atomic E-state index is 5.46. The van der Waals surface area contributed by atoms with Crippen LogP contribution >= 0.6 is 0 Å². The molecule has 1 rings (SSSR count). The number of hydrogen-bond acceptors (Lipinski definition) is 3. The van der Waals surface area contributed by atoms with Gasteiger partial charge in [-0.15, -0.1) is 0 Å². The number of benzene rings is 1. The third-order valence-corrected chi connectivity index (χ3v) is 2.27. The molecule has 3 heteroatoms. The molecule has 0 aliphatic rings. The van der Waals surface area contributed by atoms with Gasteiger partial charge in [-0.25, -0.2) is 0 Å². The standard InChI is InChI=1S/C14H22O3/c1-14(2,3)17-11-16-10-9-12-5-7-13(15-4)8-6-12/h5-8H,9-11H2,1-4H3. The summed E-state index contributed by atoms with van der Waals surface area (Å²) in [5.74, 6) is 0.880. The number of hydrogen-bond donors (Lipinski definition) is 0. The van der Waals surface area contributed by atoms with Gasteiger partial charge in [0.1, 0.15) is 12.5 Å². The Bertz CT molecular complexity index is 311. The predicted molar refractivity (Wildman–Crippen MR) is 68.4 cm³/mol. The lowest BCUT2D eigenvalue weighted by atomic mass is 10.1. The molecule has 1 aromatic carbocycles. The van der Waals surface area contributed by atoms with Gasteiger partial charge >= 0.3 is 0 Å². The smallest absolute Gasteiger partial charge is 0.147 e. The van der Waals surface area contributed by atoms with Crippen LogP contribution in [0.5, 0.6) is 5.75 Å². The molecule has 0 heterocycles. The summed E-state index contributed by atoms with van der Waals surface area (Å²) in [6.07, 6.45) is 0.886. The summed E-state index contributed by atoms with van der Waals surface area (Å²) in [7, 11) is 1.67. The van der Waals surface area contributed by atoms with Crippen molar-refractivity contribution in [2.75, 3.05) is 20.5 Å². The van der Waals surface area contributed by atoms with Crippen molar-refractivity contribution in [1.29, 1.82) is 0 Å². The monoisotopic (exact) mass is 238 g/mol. The van der Waals surface area contributed by atoms with Gasteiger partial charge in [0, 0.05) is 0 Å². The highest BCUT2D eigenvalue weighted by molar-refractivity contribution is 5.27. The molecule has 0 amide bonds. The normalized spacial score (nSPS) is 11.5. The molecule has 0 bridgehead atoms. The lowest BCUT2D eigenvalue weighted by molar-refractivity contribution is -0.119. The Balaban J connectivity index is 2.18. The average molecular weight is 238 g/mol. The van der Waals surface area contributed by atoms with E-state index >= 15 is 0 Å². The van der Waals surface area contributed by atoms with E-state index in [1.54, 1.807) is 7.11 Å². The fraction of sp³-hybridized carbons (Fsp3) is 0.571. The topological polar surface area (TPSA) is 27.7 Å². The van der Waals surface area contributed by atoms with Crippen molar-refractivity contribution in [2.24, 2.45) is 0 Å². The zero-order valence-corrected chi connectivity index (χ0v) is 11.2. The van der Waals surface area contributed by atoms with Crippen molar-refractivity contribution in [2.45, 2.75) is 32.8 Å². The molecule has 0 aliphatic carbocycles. The fourth-order valence-corrected chi connectivity index (χ4v) is 1.26. The third-order valence-electron chi connectivity index (χ3n) is 2.27. The van der Waals surface area contributed by atoms with Crippen LogP contribution in [0, 0.1) is 0 Å². The number of ether oxygens (including phenoxy) is 3. The van der Waals surface area contributed by atoms with E-state index in [9.17, 15) is 0 Å². The van der Waals surface area contributed by atoms with E-state index in [0.29, 0.717) is 13.4 Å². The lowest BCUT2D eigenvalue weighted by Crippen LogP contribution is -2.21. The van der Waals surface area contributed by atoms with Gasteiger partial charge in [0.05, 0.1) is 19.3 Å². The quantitative estimate of drug-likeness (QED) is 0.563. The van der Waals surface area contributed by atoms with Crippen molar-refractivity contribution in [3.63, 3.8) is 0 Å². The lowest BCUT2D eigenvalue weighted by Gasteiger charge is -2.19. The first-order chi connectivity index (χ1) is 8.01. The van der Waals surface area contributed by atoms with Gasteiger partial charge in [-0.3, -0.25) is 0 Å². The van der Waals surface area contributed by atoms with Crippen molar-refractivity contribution >= 4 is 0 Å². The van der Waals surface area contributed by atoms with E-state index in [4.69, 9.17) is 14.2 Å². The van der Waals surface area contributed by atoms with Crippen LogP contribution in [0.15, 0.2) is 24.3 Å². The molecular formula is C14H22O3.